The first kappa shape index (κ1) is 18.6. The summed E-state index contributed by atoms with van der Waals surface area (Å²) in [7, 11) is 1.64. The first-order chi connectivity index (χ1) is 13.6. The zero-order chi connectivity index (χ0) is 19.7. The predicted molar refractivity (Wildman–Crippen MR) is 105 cm³/mol. The van der Waals surface area contributed by atoms with Gasteiger partial charge in [0.2, 0.25) is 17.6 Å². The van der Waals surface area contributed by atoms with Crippen LogP contribution in [0.1, 0.15) is 30.4 Å². The Balaban J connectivity index is 1.83. The summed E-state index contributed by atoms with van der Waals surface area (Å²) in [6.45, 7) is 4.79. The highest BCUT2D eigenvalue weighted by Crippen LogP contribution is 2.34. The third-order valence-corrected chi connectivity index (χ3v) is 5.41. The largest absolute Gasteiger partial charge is 0.424 e. The van der Waals surface area contributed by atoms with Gasteiger partial charge < -0.3 is 9.15 Å². The van der Waals surface area contributed by atoms with E-state index < -0.39 is 0 Å². The summed E-state index contributed by atoms with van der Waals surface area (Å²) in [5, 5.41) is 17.8. The molecule has 3 aromatic heterocycles. The average molecular weight is 400 g/mol. The van der Waals surface area contributed by atoms with Crippen LogP contribution >= 0.6 is 11.8 Å². The first-order valence-electron chi connectivity index (χ1n) is 8.92. The Morgan fingerprint density at radius 2 is 2.04 bits per heavy atom. The molecule has 1 atom stereocenters. The van der Waals surface area contributed by atoms with Crippen molar-refractivity contribution in [3.63, 3.8) is 0 Å². The van der Waals surface area contributed by atoms with Crippen molar-refractivity contribution in [2.24, 2.45) is 0 Å². The number of aromatic nitrogens is 6. The van der Waals surface area contributed by atoms with Crippen LogP contribution in [0.5, 0.6) is 0 Å². The normalized spacial score (nSPS) is 12.8. The molecule has 0 saturated heterocycles. The molecular formula is C18H20N6O3S. The average Bonchev–Trinajstić information content (AvgIpc) is 3.31. The molecule has 146 valence electrons. The van der Waals surface area contributed by atoms with Crippen molar-refractivity contribution in [1.29, 1.82) is 0 Å². The zero-order valence-electron chi connectivity index (χ0n) is 15.8. The molecule has 0 amide bonds. The highest BCUT2D eigenvalue weighted by atomic mass is 32.2. The van der Waals surface area contributed by atoms with Gasteiger partial charge >= 0.3 is 0 Å². The van der Waals surface area contributed by atoms with E-state index in [4.69, 9.17) is 9.15 Å². The van der Waals surface area contributed by atoms with Crippen molar-refractivity contribution < 1.29 is 9.15 Å². The predicted octanol–water partition coefficient (Wildman–Crippen LogP) is 2.63. The molecule has 0 bridgehead atoms. The molecule has 3 heterocycles. The van der Waals surface area contributed by atoms with Crippen molar-refractivity contribution in [2.45, 2.75) is 37.2 Å². The maximum absolute atomic E-state index is 13.0. The zero-order valence-corrected chi connectivity index (χ0v) is 16.6. The number of para-hydroxylation sites is 1. The van der Waals surface area contributed by atoms with Crippen LogP contribution in [0, 0.1) is 6.92 Å². The van der Waals surface area contributed by atoms with E-state index in [1.807, 2.05) is 35.6 Å². The van der Waals surface area contributed by atoms with E-state index in [2.05, 4.69) is 20.4 Å². The molecule has 0 aliphatic heterocycles. The number of thioether (sulfide) groups is 1. The second-order valence-electron chi connectivity index (χ2n) is 6.36. The smallest absolute Gasteiger partial charge is 0.262 e. The molecule has 0 aliphatic rings. The molecule has 0 N–H and O–H groups in total. The van der Waals surface area contributed by atoms with Crippen LogP contribution in [0.15, 0.2) is 38.6 Å². The lowest BCUT2D eigenvalue weighted by molar-refractivity contribution is 0.190. The fraction of sp³-hybridized carbons (Fsp3) is 0.389. The molecule has 1 aromatic carbocycles. The summed E-state index contributed by atoms with van der Waals surface area (Å²) in [5.41, 5.74) is 0.690. The van der Waals surface area contributed by atoms with E-state index in [0.29, 0.717) is 47.7 Å². The topological polar surface area (TPSA) is 100 Å². The Bertz CT molecular complexity index is 1180. The maximum atomic E-state index is 13.0. The SMILES string of the molecule is COCCCn1c(=O)c2ccccc2n2c(SC(C)c3nnc(C)o3)nnc12. The van der Waals surface area contributed by atoms with Crippen LogP contribution in [0.4, 0.5) is 0 Å². The third-order valence-electron chi connectivity index (χ3n) is 4.38. The number of fused-ring (bicyclic) bond motifs is 3. The van der Waals surface area contributed by atoms with Crippen LogP contribution in [0.2, 0.25) is 0 Å². The minimum Gasteiger partial charge on any atom is -0.424 e. The fourth-order valence-corrected chi connectivity index (χ4v) is 3.95. The lowest BCUT2D eigenvalue weighted by atomic mass is 10.2. The molecule has 28 heavy (non-hydrogen) atoms. The molecule has 0 saturated carbocycles. The maximum Gasteiger partial charge on any atom is 0.262 e. The minimum absolute atomic E-state index is 0.0799. The first-order valence-corrected chi connectivity index (χ1v) is 9.80. The van der Waals surface area contributed by atoms with Gasteiger partial charge in [0.05, 0.1) is 16.2 Å². The number of ether oxygens (including phenoxy) is 1. The number of nitrogens with zero attached hydrogens (tertiary/aromatic N) is 6. The Kier molecular flexibility index (Phi) is 5.14. The Hall–Kier alpha value is -2.72. The Labute approximate surface area is 164 Å². The van der Waals surface area contributed by atoms with Crippen LogP contribution in [0.3, 0.4) is 0 Å². The highest BCUT2D eigenvalue weighted by molar-refractivity contribution is 7.99. The molecule has 4 aromatic rings. The van der Waals surface area contributed by atoms with Gasteiger partial charge in [-0.3, -0.25) is 13.8 Å². The van der Waals surface area contributed by atoms with Crippen LogP contribution in [0.25, 0.3) is 16.7 Å². The monoisotopic (exact) mass is 400 g/mol. The molecule has 0 fully saturated rings. The van der Waals surface area contributed by atoms with Gasteiger partial charge in [-0.25, -0.2) is 0 Å². The van der Waals surface area contributed by atoms with Gasteiger partial charge in [0.1, 0.15) is 0 Å². The van der Waals surface area contributed by atoms with Crippen LogP contribution in [-0.4, -0.2) is 43.1 Å². The van der Waals surface area contributed by atoms with Crippen molar-refractivity contribution in [1.82, 2.24) is 29.4 Å². The second-order valence-corrected chi connectivity index (χ2v) is 7.67. The van der Waals surface area contributed by atoms with Crippen molar-refractivity contribution in [3.8, 4) is 0 Å². The summed E-state index contributed by atoms with van der Waals surface area (Å²) in [5.74, 6) is 1.55. The number of hydrogen-bond donors (Lipinski definition) is 0. The number of methoxy groups -OCH3 is 1. The quantitative estimate of drug-likeness (QED) is 0.345. The summed E-state index contributed by atoms with van der Waals surface area (Å²) in [6, 6.07) is 7.48. The summed E-state index contributed by atoms with van der Waals surface area (Å²) < 4.78 is 14.2. The van der Waals surface area contributed by atoms with E-state index in [-0.39, 0.29) is 10.8 Å². The van der Waals surface area contributed by atoms with E-state index in [0.717, 1.165) is 5.52 Å². The van der Waals surface area contributed by atoms with E-state index in [1.54, 1.807) is 18.6 Å². The number of rotatable bonds is 7. The Morgan fingerprint density at radius 3 is 2.79 bits per heavy atom. The lowest BCUT2D eigenvalue weighted by Crippen LogP contribution is -2.24. The molecule has 9 nitrogen and oxygen atoms in total. The van der Waals surface area contributed by atoms with Crippen molar-refractivity contribution >= 4 is 28.4 Å². The van der Waals surface area contributed by atoms with E-state index in [9.17, 15) is 4.79 Å². The van der Waals surface area contributed by atoms with Gasteiger partial charge in [-0.2, -0.15) is 0 Å². The van der Waals surface area contributed by atoms with Gasteiger partial charge in [-0.05, 0) is 25.5 Å². The van der Waals surface area contributed by atoms with E-state index in [1.165, 1.54) is 11.8 Å². The van der Waals surface area contributed by atoms with Crippen LogP contribution in [-0.2, 0) is 11.3 Å². The lowest BCUT2D eigenvalue weighted by Gasteiger charge is -2.11. The number of hydrogen-bond acceptors (Lipinski definition) is 8. The number of aryl methyl sites for hydroxylation is 2. The molecule has 0 aliphatic carbocycles. The molecule has 0 radical (unpaired) electrons. The molecule has 10 heteroatoms. The van der Waals surface area contributed by atoms with E-state index >= 15 is 0 Å². The van der Waals surface area contributed by atoms with Gasteiger partial charge in [-0.1, -0.05) is 23.9 Å². The summed E-state index contributed by atoms with van der Waals surface area (Å²) in [6.07, 6.45) is 0.706. The van der Waals surface area contributed by atoms with Gasteiger partial charge in [-0.15, -0.1) is 20.4 Å². The fourth-order valence-electron chi connectivity index (χ4n) is 3.06. The Morgan fingerprint density at radius 1 is 1.21 bits per heavy atom. The van der Waals surface area contributed by atoms with Crippen molar-refractivity contribution in [2.75, 3.05) is 13.7 Å². The standard InChI is InChI=1S/C18H20N6O3S/c1-11(15-20-19-12(2)27-15)28-18-22-21-17-23(9-6-10-26-3)16(25)13-7-4-5-8-14(13)24(17)18/h4-5,7-8,11H,6,9-10H2,1-3H3. The van der Waals surface area contributed by atoms with Gasteiger partial charge in [0, 0.05) is 27.2 Å². The van der Waals surface area contributed by atoms with Gasteiger partial charge in [0.25, 0.3) is 5.56 Å². The molecular weight excluding hydrogens is 380 g/mol. The number of benzene rings is 1. The van der Waals surface area contributed by atoms with Crippen LogP contribution < -0.4 is 5.56 Å². The second kappa shape index (κ2) is 7.72. The summed E-state index contributed by atoms with van der Waals surface area (Å²) >= 11 is 1.46. The minimum atomic E-state index is -0.110. The molecule has 4 rings (SSSR count). The summed E-state index contributed by atoms with van der Waals surface area (Å²) in [4.78, 5) is 13.0. The highest BCUT2D eigenvalue weighted by Gasteiger charge is 2.21. The van der Waals surface area contributed by atoms with Gasteiger partial charge in [0.15, 0.2) is 5.16 Å². The third kappa shape index (κ3) is 3.29. The molecule has 1 unspecified atom stereocenters. The van der Waals surface area contributed by atoms with Crippen molar-refractivity contribution in [3.05, 3.63) is 46.4 Å². The molecule has 0 spiro atoms.